The Morgan fingerprint density at radius 3 is 2.75 bits per heavy atom. The Hall–Kier alpha value is -1.06. The van der Waals surface area contributed by atoms with E-state index in [1.165, 1.54) is 18.4 Å². The van der Waals surface area contributed by atoms with Crippen molar-refractivity contribution in [1.29, 1.82) is 0 Å². The van der Waals surface area contributed by atoms with Crippen molar-refractivity contribution < 1.29 is 9.84 Å². The van der Waals surface area contributed by atoms with Gasteiger partial charge >= 0.3 is 0 Å². The van der Waals surface area contributed by atoms with Crippen LogP contribution in [-0.2, 0) is 6.54 Å². The minimum absolute atomic E-state index is 0.396. The SMILES string of the molecule is COc1ccc(C(C)O)cc1CN1CCCC(C)(C)C1. The van der Waals surface area contributed by atoms with E-state index in [-0.39, 0.29) is 0 Å². The number of aliphatic hydroxyl groups is 1. The van der Waals surface area contributed by atoms with Crippen molar-refractivity contribution in [3.05, 3.63) is 29.3 Å². The lowest BCUT2D eigenvalue weighted by Crippen LogP contribution is -2.39. The molecular formula is C17H27NO2. The zero-order valence-electron chi connectivity index (χ0n) is 13.1. The van der Waals surface area contributed by atoms with E-state index in [0.29, 0.717) is 5.41 Å². The summed E-state index contributed by atoms with van der Waals surface area (Å²) in [5.74, 6) is 0.915. The van der Waals surface area contributed by atoms with Gasteiger partial charge in [0.15, 0.2) is 0 Å². The van der Waals surface area contributed by atoms with E-state index < -0.39 is 6.10 Å². The lowest BCUT2D eigenvalue weighted by atomic mass is 9.84. The number of aliphatic hydroxyl groups excluding tert-OH is 1. The molecule has 0 aromatic heterocycles. The monoisotopic (exact) mass is 277 g/mol. The molecule has 0 saturated carbocycles. The second-order valence-corrected chi connectivity index (χ2v) is 6.73. The Labute approximate surface area is 122 Å². The lowest BCUT2D eigenvalue weighted by Gasteiger charge is -2.38. The van der Waals surface area contributed by atoms with Gasteiger partial charge in [0.1, 0.15) is 5.75 Å². The van der Waals surface area contributed by atoms with Gasteiger partial charge < -0.3 is 9.84 Å². The molecule has 2 rings (SSSR count). The Morgan fingerprint density at radius 2 is 2.15 bits per heavy atom. The zero-order valence-corrected chi connectivity index (χ0v) is 13.1. The molecule has 1 saturated heterocycles. The third kappa shape index (κ3) is 3.74. The minimum Gasteiger partial charge on any atom is -0.496 e. The van der Waals surface area contributed by atoms with Crippen molar-refractivity contribution in [2.45, 2.75) is 46.3 Å². The molecule has 3 heteroatoms. The second-order valence-electron chi connectivity index (χ2n) is 6.73. The summed E-state index contributed by atoms with van der Waals surface area (Å²) in [6, 6.07) is 5.98. The first-order chi connectivity index (χ1) is 9.41. The smallest absolute Gasteiger partial charge is 0.123 e. The molecule has 0 bridgehead atoms. The third-order valence-electron chi connectivity index (χ3n) is 4.16. The van der Waals surface area contributed by atoms with Gasteiger partial charge in [0.2, 0.25) is 0 Å². The number of likely N-dealkylation sites (tertiary alicyclic amines) is 1. The number of hydrogen-bond donors (Lipinski definition) is 1. The fourth-order valence-corrected chi connectivity index (χ4v) is 3.10. The average molecular weight is 277 g/mol. The molecule has 1 aromatic carbocycles. The van der Waals surface area contributed by atoms with Crippen LogP contribution < -0.4 is 4.74 Å². The molecular weight excluding hydrogens is 250 g/mol. The predicted octanol–water partition coefficient (Wildman–Crippen LogP) is 3.37. The molecule has 3 nitrogen and oxygen atoms in total. The first kappa shape index (κ1) is 15.3. The highest BCUT2D eigenvalue weighted by Crippen LogP contribution is 2.31. The summed E-state index contributed by atoms with van der Waals surface area (Å²) < 4.78 is 5.47. The van der Waals surface area contributed by atoms with Crippen molar-refractivity contribution in [2.24, 2.45) is 5.41 Å². The van der Waals surface area contributed by atoms with Gasteiger partial charge in [-0.05, 0) is 49.4 Å². The summed E-state index contributed by atoms with van der Waals surface area (Å²) in [6.07, 6.45) is 2.12. The summed E-state index contributed by atoms with van der Waals surface area (Å²) in [4.78, 5) is 2.49. The van der Waals surface area contributed by atoms with Gasteiger partial charge in [0.05, 0.1) is 13.2 Å². The fourth-order valence-electron chi connectivity index (χ4n) is 3.10. The predicted molar refractivity (Wildman–Crippen MR) is 81.9 cm³/mol. The maximum Gasteiger partial charge on any atom is 0.123 e. The van der Waals surface area contributed by atoms with Gasteiger partial charge in [-0.3, -0.25) is 4.90 Å². The molecule has 1 unspecified atom stereocenters. The molecule has 20 heavy (non-hydrogen) atoms. The first-order valence-electron chi connectivity index (χ1n) is 7.48. The topological polar surface area (TPSA) is 32.7 Å². The summed E-state index contributed by atoms with van der Waals surface area (Å²) in [5, 5.41) is 9.75. The largest absolute Gasteiger partial charge is 0.496 e. The molecule has 1 atom stereocenters. The summed E-state index contributed by atoms with van der Waals surface area (Å²) in [6.45, 7) is 9.63. The van der Waals surface area contributed by atoms with Gasteiger partial charge in [0.25, 0.3) is 0 Å². The van der Waals surface area contributed by atoms with E-state index in [1.54, 1.807) is 14.0 Å². The van der Waals surface area contributed by atoms with Crippen LogP contribution in [0.1, 0.15) is 50.8 Å². The number of piperidine rings is 1. The van der Waals surface area contributed by atoms with Gasteiger partial charge in [-0.1, -0.05) is 19.9 Å². The van der Waals surface area contributed by atoms with Gasteiger partial charge in [0, 0.05) is 18.7 Å². The normalized spacial score (nSPS) is 20.6. The van der Waals surface area contributed by atoms with Crippen LogP contribution in [-0.4, -0.2) is 30.2 Å². The molecule has 0 aliphatic carbocycles. The number of ether oxygens (including phenoxy) is 1. The first-order valence-corrected chi connectivity index (χ1v) is 7.48. The van der Waals surface area contributed by atoms with Crippen LogP contribution in [0.25, 0.3) is 0 Å². The Bertz CT molecular complexity index is 454. The average Bonchev–Trinajstić information content (AvgIpc) is 2.37. The van der Waals surface area contributed by atoms with Crippen LogP contribution in [0.5, 0.6) is 5.75 Å². The van der Waals surface area contributed by atoms with Crippen molar-refractivity contribution in [2.75, 3.05) is 20.2 Å². The minimum atomic E-state index is -0.433. The Morgan fingerprint density at radius 1 is 1.40 bits per heavy atom. The van der Waals surface area contributed by atoms with E-state index in [9.17, 15) is 5.11 Å². The summed E-state index contributed by atoms with van der Waals surface area (Å²) in [5.41, 5.74) is 2.52. The van der Waals surface area contributed by atoms with Crippen molar-refractivity contribution in [3.63, 3.8) is 0 Å². The highest BCUT2D eigenvalue weighted by atomic mass is 16.5. The molecule has 1 fully saturated rings. The van der Waals surface area contributed by atoms with Gasteiger partial charge in [-0.2, -0.15) is 0 Å². The fraction of sp³-hybridized carbons (Fsp3) is 0.647. The van der Waals surface area contributed by atoms with Crippen molar-refractivity contribution in [1.82, 2.24) is 4.90 Å². The summed E-state index contributed by atoms with van der Waals surface area (Å²) >= 11 is 0. The highest BCUT2D eigenvalue weighted by molar-refractivity contribution is 5.38. The van der Waals surface area contributed by atoms with Gasteiger partial charge in [-0.15, -0.1) is 0 Å². The van der Waals surface area contributed by atoms with E-state index in [2.05, 4.69) is 24.8 Å². The van der Waals surface area contributed by atoms with Crippen molar-refractivity contribution in [3.8, 4) is 5.75 Å². The van der Waals surface area contributed by atoms with Crippen LogP contribution in [0.15, 0.2) is 18.2 Å². The van der Waals surface area contributed by atoms with Crippen LogP contribution in [0.4, 0.5) is 0 Å². The summed E-state index contributed by atoms with van der Waals surface area (Å²) in [7, 11) is 1.71. The molecule has 0 spiro atoms. The van der Waals surface area contributed by atoms with E-state index in [0.717, 1.165) is 30.9 Å². The Balaban J connectivity index is 2.16. The van der Waals surface area contributed by atoms with Crippen LogP contribution >= 0.6 is 0 Å². The van der Waals surface area contributed by atoms with Crippen molar-refractivity contribution >= 4 is 0 Å². The molecule has 112 valence electrons. The maximum atomic E-state index is 9.75. The quantitative estimate of drug-likeness (QED) is 0.916. The highest BCUT2D eigenvalue weighted by Gasteiger charge is 2.26. The third-order valence-corrected chi connectivity index (χ3v) is 4.16. The molecule has 0 amide bonds. The molecule has 1 aliphatic heterocycles. The van der Waals surface area contributed by atoms with Gasteiger partial charge in [-0.25, -0.2) is 0 Å². The van der Waals surface area contributed by atoms with Crippen LogP contribution in [0.3, 0.4) is 0 Å². The molecule has 1 aliphatic rings. The molecule has 1 heterocycles. The number of benzene rings is 1. The lowest BCUT2D eigenvalue weighted by molar-refractivity contribution is 0.110. The molecule has 1 aromatic rings. The number of rotatable bonds is 4. The van der Waals surface area contributed by atoms with E-state index in [4.69, 9.17) is 4.74 Å². The molecule has 0 radical (unpaired) electrons. The van der Waals surface area contributed by atoms with E-state index in [1.807, 2.05) is 12.1 Å². The maximum absolute atomic E-state index is 9.75. The van der Waals surface area contributed by atoms with Crippen LogP contribution in [0.2, 0.25) is 0 Å². The standard InChI is InChI=1S/C17H27NO2/c1-13(19)14-6-7-16(20-4)15(10-14)11-18-9-5-8-17(2,3)12-18/h6-7,10,13,19H,5,8-9,11-12H2,1-4H3. The number of hydrogen-bond acceptors (Lipinski definition) is 3. The number of nitrogens with zero attached hydrogens (tertiary/aromatic N) is 1. The second kappa shape index (κ2) is 6.15. The molecule has 1 N–H and O–H groups in total. The van der Waals surface area contributed by atoms with E-state index >= 15 is 0 Å². The Kier molecular flexibility index (Phi) is 4.71. The number of methoxy groups -OCH3 is 1. The van der Waals surface area contributed by atoms with Crippen LogP contribution in [0, 0.1) is 5.41 Å². The zero-order chi connectivity index (χ0) is 14.8.